The molecule has 1 N–H and O–H groups in total. The molecular formula is C17H25N3O2. The molecule has 1 aromatic carbocycles. The van der Waals surface area contributed by atoms with E-state index in [0.29, 0.717) is 0 Å². The Kier molecular flexibility index (Phi) is 5.56. The summed E-state index contributed by atoms with van der Waals surface area (Å²) in [7, 11) is 0. The number of carbonyl (C=O) groups is 1. The summed E-state index contributed by atoms with van der Waals surface area (Å²) in [6.45, 7) is 8.27. The van der Waals surface area contributed by atoms with Crippen LogP contribution in [0.1, 0.15) is 10.4 Å². The normalized spacial score (nSPS) is 24.3. The molecule has 2 aliphatic heterocycles. The van der Waals surface area contributed by atoms with Crippen molar-refractivity contribution in [1.29, 1.82) is 0 Å². The number of hydrogen-bond acceptors (Lipinski definition) is 5. The van der Waals surface area contributed by atoms with E-state index in [1.54, 1.807) is 0 Å². The highest BCUT2D eigenvalue weighted by Gasteiger charge is 2.29. The van der Waals surface area contributed by atoms with Crippen molar-refractivity contribution in [3.63, 3.8) is 0 Å². The SMILES string of the molecule is O=C(c1ccccc1)C1CNCCN1CCN1CCOCC1. The van der Waals surface area contributed by atoms with Gasteiger partial charge >= 0.3 is 0 Å². The zero-order chi connectivity index (χ0) is 15.2. The molecule has 1 aromatic rings. The maximum Gasteiger partial charge on any atom is 0.181 e. The zero-order valence-corrected chi connectivity index (χ0v) is 13.0. The first-order valence-corrected chi connectivity index (χ1v) is 8.19. The van der Waals surface area contributed by atoms with Crippen LogP contribution >= 0.6 is 0 Å². The molecule has 0 radical (unpaired) electrons. The van der Waals surface area contributed by atoms with Gasteiger partial charge in [0.05, 0.1) is 19.3 Å². The van der Waals surface area contributed by atoms with Crippen LogP contribution in [-0.2, 0) is 4.74 Å². The van der Waals surface area contributed by atoms with Gasteiger partial charge in [0.15, 0.2) is 5.78 Å². The third kappa shape index (κ3) is 3.93. The Morgan fingerprint density at radius 1 is 1.14 bits per heavy atom. The summed E-state index contributed by atoms with van der Waals surface area (Å²) in [5.41, 5.74) is 0.813. The molecule has 1 atom stereocenters. The van der Waals surface area contributed by atoms with Gasteiger partial charge in [0, 0.05) is 51.4 Å². The van der Waals surface area contributed by atoms with Crippen LogP contribution in [0.25, 0.3) is 0 Å². The molecule has 2 saturated heterocycles. The van der Waals surface area contributed by atoms with Gasteiger partial charge in [-0.15, -0.1) is 0 Å². The van der Waals surface area contributed by atoms with E-state index in [-0.39, 0.29) is 11.8 Å². The fourth-order valence-electron chi connectivity index (χ4n) is 3.16. The van der Waals surface area contributed by atoms with Crippen molar-refractivity contribution in [2.75, 3.05) is 59.0 Å². The minimum Gasteiger partial charge on any atom is -0.379 e. The van der Waals surface area contributed by atoms with Gasteiger partial charge in [0.25, 0.3) is 0 Å². The summed E-state index contributed by atoms with van der Waals surface area (Å²) < 4.78 is 5.39. The van der Waals surface area contributed by atoms with Crippen LogP contribution in [0, 0.1) is 0 Å². The van der Waals surface area contributed by atoms with E-state index in [2.05, 4.69) is 15.1 Å². The lowest BCUT2D eigenvalue weighted by molar-refractivity contribution is 0.0289. The lowest BCUT2D eigenvalue weighted by Gasteiger charge is -2.37. The third-order valence-corrected chi connectivity index (χ3v) is 4.52. The topological polar surface area (TPSA) is 44.8 Å². The van der Waals surface area contributed by atoms with Crippen LogP contribution in [0.15, 0.2) is 30.3 Å². The smallest absolute Gasteiger partial charge is 0.181 e. The molecule has 22 heavy (non-hydrogen) atoms. The van der Waals surface area contributed by atoms with E-state index in [0.717, 1.165) is 64.6 Å². The number of morpholine rings is 1. The van der Waals surface area contributed by atoms with Crippen molar-refractivity contribution in [2.45, 2.75) is 6.04 Å². The van der Waals surface area contributed by atoms with Crippen LogP contribution in [0.4, 0.5) is 0 Å². The standard InChI is InChI=1S/C17H25N3O2/c21-17(15-4-2-1-3-5-15)16-14-18-6-7-20(16)9-8-19-10-12-22-13-11-19/h1-5,16,18H,6-14H2. The molecule has 120 valence electrons. The second kappa shape index (κ2) is 7.83. The molecule has 1 unspecified atom stereocenters. The summed E-state index contributed by atoms with van der Waals surface area (Å²) in [5, 5.41) is 3.36. The van der Waals surface area contributed by atoms with Gasteiger partial charge in [-0.2, -0.15) is 0 Å². The minimum absolute atomic E-state index is 0.0443. The number of nitrogens with zero attached hydrogens (tertiary/aromatic N) is 2. The summed E-state index contributed by atoms with van der Waals surface area (Å²) in [5.74, 6) is 0.231. The summed E-state index contributed by atoms with van der Waals surface area (Å²) in [6.07, 6.45) is 0. The van der Waals surface area contributed by atoms with Crippen molar-refractivity contribution >= 4 is 5.78 Å². The van der Waals surface area contributed by atoms with Crippen molar-refractivity contribution < 1.29 is 9.53 Å². The van der Waals surface area contributed by atoms with Gasteiger partial charge in [-0.25, -0.2) is 0 Å². The maximum absolute atomic E-state index is 12.7. The largest absolute Gasteiger partial charge is 0.379 e. The van der Waals surface area contributed by atoms with Crippen molar-refractivity contribution in [3.8, 4) is 0 Å². The lowest BCUT2D eigenvalue weighted by atomic mass is 10.0. The van der Waals surface area contributed by atoms with Crippen molar-refractivity contribution in [1.82, 2.24) is 15.1 Å². The van der Waals surface area contributed by atoms with Gasteiger partial charge < -0.3 is 10.1 Å². The number of ketones is 1. The van der Waals surface area contributed by atoms with E-state index in [1.807, 2.05) is 30.3 Å². The molecular weight excluding hydrogens is 278 g/mol. The zero-order valence-electron chi connectivity index (χ0n) is 13.0. The lowest BCUT2D eigenvalue weighted by Crippen LogP contribution is -2.56. The van der Waals surface area contributed by atoms with Crippen LogP contribution < -0.4 is 5.32 Å². The quantitative estimate of drug-likeness (QED) is 0.802. The number of ether oxygens (including phenoxy) is 1. The first-order valence-electron chi connectivity index (χ1n) is 8.19. The third-order valence-electron chi connectivity index (χ3n) is 4.52. The molecule has 0 amide bonds. The van der Waals surface area contributed by atoms with Crippen LogP contribution in [-0.4, -0.2) is 80.7 Å². The fourth-order valence-corrected chi connectivity index (χ4v) is 3.16. The Morgan fingerprint density at radius 3 is 2.68 bits per heavy atom. The van der Waals surface area contributed by atoms with Crippen molar-refractivity contribution in [2.24, 2.45) is 0 Å². The number of carbonyl (C=O) groups excluding carboxylic acids is 1. The van der Waals surface area contributed by atoms with Gasteiger partial charge in [-0.1, -0.05) is 30.3 Å². The first-order chi connectivity index (χ1) is 10.8. The Hall–Kier alpha value is -1.27. The average Bonchev–Trinajstić information content (AvgIpc) is 2.61. The van der Waals surface area contributed by atoms with Gasteiger partial charge in [0.2, 0.25) is 0 Å². The number of nitrogens with one attached hydrogen (secondary N) is 1. The summed E-state index contributed by atoms with van der Waals surface area (Å²) in [6, 6.07) is 9.60. The van der Waals surface area contributed by atoms with E-state index < -0.39 is 0 Å². The predicted molar refractivity (Wildman–Crippen MR) is 86.3 cm³/mol. The van der Waals surface area contributed by atoms with Gasteiger partial charge in [0.1, 0.15) is 0 Å². The molecule has 0 bridgehead atoms. The van der Waals surface area contributed by atoms with Crippen LogP contribution in [0.5, 0.6) is 0 Å². The monoisotopic (exact) mass is 303 g/mol. The molecule has 3 rings (SSSR count). The predicted octanol–water partition coefficient (Wildman–Crippen LogP) is 0.475. The maximum atomic E-state index is 12.7. The van der Waals surface area contributed by atoms with E-state index in [9.17, 15) is 4.79 Å². The minimum atomic E-state index is -0.0443. The van der Waals surface area contributed by atoms with Crippen LogP contribution in [0.2, 0.25) is 0 Å². The molecule has 0 aliphatic carbocycles. The molecule has 0 spiro atoms. The molecule has 0 aromatic heterocycles. The highest BCUT2D eigenvalue weighted by Crippen LogP contribution is 2.11. The summed E-state index contributed by atoms with van der Waals surface area (Å²) in [4.78, 5) is 17.5. The number of piperazine rings is 1. The first kappa shape index (κ1) is 15.6. The van der Waals surface area contributed by atoms with Gasteiger partial charge in [-0.3, -0.25) is 14.6 Å². The second-order valence-corrected chi connectivity index (χ2v) is 5.94. The molecule has 2 fully saturated rings. The highest BCUT2D eigenvalue weighted by atomic mass is 16.5. The number of rotatable bonds is 5. The van der Waals surface area contributed by atoms with E-state index in [1.165, 1.54) is 0 Å². The number of benzene rings is 1. The second-order valence-electron chi connectivity index (χ2n) is 5.94. The molecule has 5 heteroatoms. The molecule has 2 heterocycles. The number of Topliss-reactive ketones (excluding diaryl/α,β-unsaturated/α-hetero) is 1. The van der Waals surface area contributed by atoms with Crippen molar-refractivity contribution in [3.05, 3.63) is 35.9 Å². The Balaban J connectivity index is 1.59. The van der Waals surface area contributed by atoms with E-state index >= 15 is 0 Å². The van der Waals surface area contributed by atoms with Gasteiger partial charge in [-0.05, 0) is 0 Å². The molecule has 0 saturated carbocycles. The fraction of sp³-hybridized carbons (Fsp3) is 0.588. The Bertz CT molecular complexity index is 474. The highest BCUT2D eigenvalue weighted by molar-refractivity contribution is 6.00. The Labute approximate surface area is 132 Å². The molecule has 5 nitrogen and oxygen atoms in total. The Morgan fingerprint density at radius 2 is 1.91 bits per heavy atom. The van der Waals surface area contributed by atoms with E-state index in [4.69, 9.17) is 4.74 Å². The number of hydrogen-bond donors (Lipinski definition) is 1. The average molecular weight is 303 g/mol. The molecule has 2 aliphatic rings. The van der Waals surface area contributed by atoms with Crippen LogP contribution in [0.3, 0.4) is 0 Å². The summed E-state index contributed by atoms with van der Waals surface area (Å²) >= 11 is 0.